The van der Waals surface area contributed by atoms with E-state index in [2.05, 4.69) is 18.6 Å². The highest BCUT2D eigenvalue weighted by molar-refractivity contribution is 7.84. The molecule has 0 spiro atoms. The maximum absolute atomic E-state index is 10.2. The van der Waals surface area contributed by atoms with E-state index in [1.807, 2.05) is 0 Å². The first-order valence-corrected chi connectivity index (χ1v) is 5.99. The lowest BCUT2D eigenvalue weighted by Crippen LogP contribution is -2.19. The number of rotatable bonds is 6. The molecule has 0 aromatic rings. The van der Waals surface area contributed by atoms with Crippen molar-refractivity contribution >= 4 is 20.6 Å². The molecular formula is C3H16N4O6S2. The third-order valence-electron chi connectivity index (χ3n) is 0.784. The van der Waals surface area contributed by atoms with E-state index < -0.39 is 20.6 Å². The van der Waals surface area contributed by atoms with Gasteiger partial charge in [0.2, 0.25) is 0 Å². The standard InChI is InChI=1S/C3H10N2O6S2.2H3N/c4-12(6,7)10-2-1-3-11-13(5,8)9;;/h1-3H2,(H2,4,6,7)(H2,5,8,9);2*1H3. The van der Waals surface area contributed by atoms with Gasteiger partial charge >= 0.3 is 20.6 Å². The molecule has 0 saturated heterocycles. The van der Waals surface area contributed by atoms with Gasteiger partial charge in [-0.15, -0.1) is 0 Å². The van der Waals surface area contributed by atoms with Gasteiger partial charge in [0.1, 0.15) is 0 Å². The SMILES string of the molecule is N.N.NS(=O)(=O)OCCCOS(N)(=O)=O. The molecule has 10 N–H and O–H groups in total. The predicted octanol–water partition coefficient (Wildman–Crippen LogP) is -1.86. The van der Waals surface area contributed by atoms with Gasteiger partial charge in [0.05, 0.1) is 13.2 Å². The predicted molar refractivity (Wildman–Crippen MR) is 52.8 cm³/mol. The fourth-order valence-electron chi connectivity index (χ4n) is 0.409. The summed E-state index contributed by atoms with van der Waals surface area (Å²) < 4.78 is 48.8. The molecule has 0 aromatic carbocycles. The van der Waals surface area contributed by atoms with E-state index in [0.717, 1.165) is 0 Å². The van der Waals surface area contributed by atoms with Crippen LogP contribution in [0, 0.1) is 0 Å². The number of hydrogen-bond acceptors (Lipinski definition) is 8. The molecule has 0 aliphatic carbocycles. The molecule has 0 aliphatic heterocycles. The van der Waals surface area contributed by atoms with Crippen LogP contribution in [0.25, 0.3) is 0 Å². The summed E-state index contributed by atoms with van der Waals surface area (Å²) in [5, 5.41) is 8.94. The van der Waals surface area contributed by atoms with Crippen molar-refractivity contribution in [2.24, 2.45) is 10.3 Å². The molecule has 0 bridgehead atoms. The lowest BCUT2D eigenvalue weighted by molar-refractivity contribution is 0.254. The Bertz CT molecular complexity index is 301. The van der Waals surface area contributed by atoms with Crippen molar-refractivity contribution in [1.29, 1.82) is 0 Å². The normalized spacial score (nSPS) is 11.3. The second-order valence-corrected chi connectivity index (χ2v) is 4.43. The van der Waals surface area contributed by atoms with E-state index in [4.69, 9.17) is 0 Å². The molecular weight excluding hydrogens is 252 g/mol. The second kappa shape index (κ2) is 7.89. The molecule has 0 atom stereocenters. The summed E-state index contributed by atoms with van der Waals surface area (Å²) in [5.41, 5.74) is 0. The fourth-order valence-corrected chi connectivity index (χ4v) is 1.11. The molecule has 0 radical (unpaired) electrons. The average molecular weight is 268 g/mol. The minimum Gasteiger partial charge on any atom is -0.344 e. The quantitative estimate of drug-likeness (QED) is 0.400. The lowest BCUT2D eigenvalue weighted by atomic mass is 10.5. The molecule has 0 rings (SSSR count). The van der Waals surface area contributed by atoms with Crippen molar-refractivity contribution in [2.45, 2.75) is 6.42 Å². The third-order valence-corrected chi connectivity index (χ3v) is 1.77. The van der Waals surface area contributed by atoms with Crippen molar-refractivity contribution in [3.8, 4) is 0 Å². The van der Waals surface area contributed by atoms with Gasteiger partial charge in [-0.3, -0.25) is 8.37 Å². The summed E-state index contributed by atoms with van der Waals surface area (Å²) in [6, 6.07) is 0. The number of hydrogen-bond donors (Lipinski definition) is 4. The highest BCUT2D eigenvalue weighted by atomic mass is 32.2. The summed E-state index contributed by atoms with van der Waals surface area (Å²) in [5.74, 6) is 0. The topological polar surface area (TPSA) is 209 Å². The molecule has 0 amide bonds. The van der Waals surface area contributed by atoms with Crippen molar-refractivity contribution < 1.29 is 25.2 Å². The smallest absolute Gasteiger partial charge is 0.333 e. The molecule has 0 heterocycles. The van der Waals surface area contributed by atoms with E-state index in [0.29, 0.717) is 0 Å². The van der Waals surface area contributed by atoms with Crippen LogP contribution in [0.15, 0.2) is 0 Å². The molecule has 0 unspecified atom stereocenters. The van der Waals surface area contributed by atoms with Gasteiger partial charge in [0, 0.05) is 0 Å². The van der Waals surface area contributed by atoms with Crippen LogP contribution in [0.3, 0.4) is 0 Å². The maximum Gasteiger partial charge on any atom is 0.333 e. The Labute approximate surface area is 88.6 Å². The van der Waals surface area contributed by atoms with E-state index >= 15 is 0 Å². The van der Waals surface area contributed by atoms with Crippen molar-refractivity contribution in [2.75, 3.05) is 13.2 Å². The van der Waals surface area contributed by atoms with Crippen LogP contribution >= 0.6 is 0 Å². The molecule has 96 valence electrons. The summed E-state index contributed by atoms with van der Waals surface area (Å²) in [6.07, 6.45) is 0.0485. The lowest BCUT2D eigenvalue weighted by Gasteiger charge is -2.00. The first-order valence-electron chi connectivity index (χ1n) is 3.05. The molecule has 12 heteroatoms. The van der Waals surface area contributed by atoms with Gasteiger partial charge in [0.25, 0.3) is 0 Å². The molecule has 0 saturated carbocycles. The first kappa shape index (κ1) is 20.1. The first-order chi connectivity index (χ1) is 5.71. The Morgan fingerprint density at radius 2 is 1.07 bits per heavy atom. The Kier molecular flexibility index (Phi) is 10.6. The summed E-state index contributed by atoms with van der Waals surface area (Å²) in [4.78, 5) is 0. The molecule has 0 fully saturated rings. The zero-order chi connectivity index (χ0) is 10.5. The Balaban J connectivity index is -0.000000720. The molecule has 0 aliphatic rings. The minimum atomic E-state index is -3.98. The molecule has 10 nitrogen and oxygen atoms in total. The number of nitrogens with two attached hydrogens (primary N) is 2. The highest BCUT2D eigenvalue weighted by Crippen LogP contribution is 1.90. The van der Waals surface area contributed by atoms with E-state index in [1.165, 1.54) is 0 Å². The maximum atomic E-state index is 10.2. The Morgan fingerprint density at radius 1 is 0.800 bits per heavy atom. The largest absolute Gasteiger partial charge is 0.344 e. The van der Waals surface area contributed by atoms with Crippen LogP contribution in [0.1, 0.15) is 6.42 Å². The van der Waals surface area contributed by atoms with Gasteiger partial charge in [0.15, 0.2) is 0 Å². The van der Waals surface area contributed by atoms with Crippen LogP contribution in [-0.4, -0.2) is 30.0 Å². The van der Waals surface area contributed by atoms with Crippen LogP contribution in [0.2, 0.25) is 0 Å². The monoisotopic (exact) mass is 268 g/mol. The van der Waals surface area contributed by atoms with E-state index in [1.54, 1.807) is 0 Å². The summed E-state index contributed by atoms with van der Waals surface area (Å²) in [6.45, 7) is -0.511. The minimum absolute atomic E-state index is 0. The fraction of sp³-hybridized carbons (Fsp3) is 1.00. The van der Waals surface area contributed by atoms with Gasteiger partial charge < -0.3 is 12.3 Å². The van der Waals surface area contributed by atoms with Crippen molar-refractivity contribution in [3.63, 3.8) is 0 Å². The van der Waals surface area contributed by atoms with E-state index in [9.17, 15) is 16.8 Å². The van der Waals surface area contributed by atoms with Crippen LogP contribution < -0.4 is 22.6 Å². The van der Waals surface area contributed by atoms with Crippen molar-refractivity contribution in [1.82, 2.24) is 12.3 Å². The van der Waals surface area contributed by atoms with Crippen LogP contribution in [0.5, 0.6) is 0 Å². The van der Waals surface area contributed by atoms with Crippen LogP contribution in [0.4, 0.5) is 0 Å². The van der Waals surface area contributed by atoms with Gasteiger partial charge in [-0.25, -0.2) is 10.3 Å². The molecule has 0 aromatic heterocycles. The van der Waals surface area contributed by atoms with Gasteiger partial charge in [-0.1, -0.05) is 0 Å². The second-order valence-electron chi connectivity index (χ2n) is 1.98. The third kappa shape index (κ3) is 19.9. The van der Waals surface area contributed by atoms with Gasteiger partial charge in [-0.05, 0) is 6.42 Å². The summed E-state index contributed by atoms with van der Waals surface area (Å²) in [7, 11) is -7.95. The van der Waals surface area contributed by atoms with Crippen LogP contribution in [-0.2, 0) is 29.0 Å². The van der Waals surface area contributed by atoms with Gasteiger partial charge in [-0.2, -0.15) is 16.8 Å². The highest BCUT2D eigenvalue weighted by Gasteiger charge is 2.04. The Morgan fingerprint density at radius 3 is 1.27 bits per heavy atom. The van der Waals surface area contributed by atoms with Crippen molar-refractivity contribution in [3.05, 3.63) is 0 Å². The molecule has 15 heavy (non-hydrogen) atoms. The average Bonchev–Trinajstić information content (AvgIpc) is 1.81. The zero-order valence-electron chi connectivity index (χ0n) is 7.96. The van der Waals surface area contributed by atoms with E-state index in [-0.39, 0.29) is 31.9 Å². The zero-order valence-corrected chi connectivity index (χ0v) is 9.59. The summed E-state index contributed by atoms with van der Waals surface area (Å²) >= 11 is 0. The Hall–Kier alpha value is -0.340.